The smallest absolute Gasteiger partial charge is 0.275 e. The van der Waals surface area contributed by atoms with Crippen molar-refractivity contribution in [3.63, 3.8) is 0 Å². The molecule has 0 fully saturated rings. The summed E-state index contributed by atoms with van der Waals surface area (Å²) < 4.78 is 1.78. The molecule has 0 radical (unpaired) electrons. The maximum atomic E-state index is 12.0. The molecule has 0 bridgehead atoms. The van der Waals surface area contributed by atoms with Crippen LogP contribution in [0.2, 0.25) is 0 Å². The molecule has 1 aromatic carbocycles. The van der Waals surface area contributed by atoms with Crippen molar-refractivity contribution in [2.24, 2.45) is 0 Å². The molecule has 0 atom stereocenters. The van der Waals surface area contributed by atoms with E-state index in [4.69, 9.17) is 0 Å². The van der Waals surface area contributed by atoms with Crippen LogP contribution in [0.25, 0.3) is 0 Å². The molecule has 1 N–H and O–H groups in total. The fourth-order valence-corrected chi connectivity index (χ4v) is 1.96. The van der Waals surface area contributed by atoms with Crippen molar-refractivity contribution in [3.05, 3.63) is 78.2 Å². The summed E-state index contributed by atoms with van der Waals surface area (Å²) in [7, 11) is 0. The van der Waals surface area contributed by atoms with E-state index in [-0.39, 0.29) is 5.91 Å². The third-order valence-electron chi connectivity index (χ3n) is 2.97. The first-order chi connectivity index (χ1) is 10.3. The minimum atomic E-state index is -0.263. The lowest BCUT2D eigenvalue weighted by Gasteiger charge is -2.02. The van der Waals surface area contributed by atoms with Gasteiger partial charge in [-0.25, -0.2) is 0 Å². The van der Waals surface area contributed by atoms with E-state index in [0.717, 1.165) is 5.56 Å². The van der Waals surface area contributed by atoms with Gasteiger partial charge < -0.3 is 5.32 Å². The van der Waals surface area contributed by atoms with Gasteiger partial charge >= 0.3 is 0 Å². The number of hydrogen-bond acceptors (Lipinski definition) is 3. The van der Waals surface area contributed by atoms with Crippen LogP contribution < -0.4 is 5.32 Å². The zero-order valence-corrected chi connectivity index (χ0v) is 11.3. The van der Waals surface area contributed by atoms with E-state index in [0.29, 0.717) is 18.1 Å². The van der Waals surface area contributed by atoms with Crippen LogP contribution in [-0.4, -0.2) is 20.7 Å². The summed E-state index contributed by atoms with van der Waals surface area (Å²) in [5, 5.41) is 7.06. The van der Waals surface area contributed by atoms with Gasteiger partial charge in [0.1, 0.15) is 5.69 Å². The van der Waals surface area contributed by atoms with Crippen molar-refractivity contribution >= 4 is 11.7 Å². The highest BCUT2D eigenvalue weighted by atomic mass is 16.1. The van der Waals surface area contributed by atoms with Crippen LogP contribution in [0.4, 0.5) is 5.82 Å². The summed E-state index contributed by atoms with van der Waals surface area (Å²) in [6, 6.07) is 17.0. The molecule has 3 aromatic rings. The second kappa shape index (κ2) is 6.00. The number of nitrogens with one attached hydrogen (secondary N) is 1. The van der Waals surface area contributed by atoms with Crippen LogP contribution in [0.15, 0.2) is 67.0 Å². The maximum absolute atomic E-state index is 12.0. The highest BCUT2D eigenvalue weighted by Crippen LogP contribution is 2.07. The van der Waals surface area contributed by atoms with Gasteiger partial charge in [-0.15, -0.1) is 0 Å². The molecule has 5 nitrogen and oxygen atoms in total. The van der Waals surface area contributed by atoms with E-state index in [9.17, 15) is 4.79 Å². The number of anilines is 1. The van der Waals surface area contributed by atoms with Crippen molar-refractivity contribution in [1.29, 1.82) is 0 Å². The van der Waals surface area contributed by atoms with Crippen molar-refractivity contribution < 1.29 is 4.79 Å². The summed E-state index contributed by atoms with van der Waals surface area (Å²) in [4.78, 5) is 16.0. The van der Waals surface area contributed by atoms with Crippen molar-refractivity contribution in [1.82, 2.24) is 14.8 Å². The molecule has 2 aromatic heterocycles. The minimum Gasteiger partial charge on any atom is -0.304 e. The molecule has 1 amide bonds. The number of amides is 1. The Morgan fingerprint density at radius 3 is 2.62 bits per heavy atom. The number of carbonyl (C=O) groups is 1. The molecule has 2 heterocycles. The SMILES string of the molecule is O=C(Nc1ccn(Cc2ccccc2)n1)c1ccccn1. The Morgan fingerprint density at radius 2 is 1.86 bits per heavy atom. The van der Waals surface area contributed by atoms with Crippen molar-refractivity contribution in [2.45, 2.75) is 6.54 Å². The topological polar surface area (TPSA) is 59.8 Å². The highest BCUT2D eigenvalue weighted by Gasteiger charge is 2.08. The molecule has 3 rings (SSSR count). The Bertz CT molecular complexity index is 722. The summed E-state index contributed by atoms with van der Waals surface area (Å²) >= 11 is 0. The van der Waals surface area contributed by atoms with Crippen LogP contribution in [0.3, 0.4) is 0 Å². The molecule has 5 heteroatoms. The van der Waals surface area contributed by atoms with Gasteiger partial charge in [-0.05, 0) is 17.7 Å². The standard InChI is InChI=1S/C16H14N4O/c21-16(14-8-4-5-10-17-14)18-15-9-11-20(19-15)12-13-6-2-1-3-7-13/h1-11H,12H2,(H,18,19,21). The number of nitrogens with zero attached hydrogens (tertiary/aromatic N) is 3. The number of aromatic nitrogens is 3. The average molecular weight is 278 g/mol. The molecular weight excluding hydrogens is 264 g/mol. The fourth-order valence-electron chi connectivity index (χ4n) is 1.96. The van der Waals surface area contributed by atoms with Gasteiger partial charge in [0.25, 0.3) is 5.91 Å². The first-order valence-electron chi connectivity index (χ1n) is 6.61. The van der Waals surface area contributed by atoms with Gasteiger partial charge in [-0.3, -0.25) is 14.5 Å². The molecule has 21 heavy (non-hydrogen) atoms. The molecular formula is C16H14N4O. The minimum absolute atomic E-state index is 0.263. The second-order valence-corrected chi connectivity index (χ2v) is 4.55. The van der Waals surface area contributed by atoms with Gasteiger partial charge in [0.05, 0.1) is 6.54 Å². The van der Waals surface area contributed by atoms with Gasteiger partial charge in [-0.1, -0.05) is 36.4 Å². The van der Waals surface area contributed by atoms with E-state index in [1.54, 1.807) is 35.1 Å². The summed E-state index contributed by atoms with van der Waals surface area (Å²) in [5.74, 6) is 0.252. The average Bonchev–Trinajstić information content (AvgIpc) is 2.96. The van der Waals surface area contributed by atoms with Gasteiger partial charge in [-0.2, -0.15) is 5.10 Å². The van der Waals surface area contributed by atoms with E-state index < -0.39 is 0 Å². The number of pyridine rings is 1. The number of rotatable bonds is 4. The molecule has 0 saturated carbocycles. The second-order valence-electron chi connectivity index (χ2n) is 4.55. The van der Waals surface area contributed by atoms with Crippen LogP contribution in [0.5, 0.6) is 0 Å². The molecule has 0 unspecified atom stereocenters. The molecule has 0 saturated heterocycles. The summed E-state index contributed by atoms with van der Waals surface area (Å²) in [5.41, 5.74) is 1.53. The largest absolute Gasteiger partial charge is 0.304 e. The van der Waals surface area contributed by atoms with Gasteiger partial charge in [0.2, 0.25) is 0 Å². The Hall–Kier alpha value is -2.95. The predicted octanol–water partition coefficient (Wildman–Crippen LogP) is 2.58. The third kappa shape index (κ3) is 3.33. The lowest BCUT2D eigenvalue weighted by Crippen LogP contribution is -2.14. The third-order valence-corrected chi connectivity index (χ3v) is 2.97. The maximum Gasteiger partial charge on any atom is 0.275 e. The van der Waals surface area contributed by atoms with Crippen molar-refractivity contribution in [2.75, 3.05) is 5.32 Å². The molecule has 0 spiro atoms. The van der Waals surface area contributed by atoms with Crippen LogP contribution in [0.1, 0.15) is 16.1 Å². The Labute approximate surface area is 122 Å². The zero-order chi connectivity index (χ0) is 14.5. The van der Waals surface area contributed by atoms with Gasteiger partial charge in [0, 0.05) is 18.5 Å². The Kier molecular flexibility index (Phi) is 3.73. The molecule has 104 valence electrons. The molecule has 0 aliphatic heterocycles. The van der Waals surface area contributed by atoms with Crippen LogP contribution in [-0.2, 0) is 6.54 Å². The predicted molar refractivity (Wildman–Crippen MR) is 80.0 cm³/mol. The van der Waals surface area contributed by atoms with E-state index in [1.165, 1.54) is 0 Å². The lowest BCUT2D eigenvalue weighted by atomic mass is 10.2. The van der Waals surface area contributed by atoms with Crippen LogP contribution in [0, 0.1) is 0 Å². The first-order valence-corrected chi connectivity index (χ1v) is 6.61. The van der Waals surface area contributed by atoms with Crippen LogP contribution >= 0.6 is 0 Å². The quantitative estimate of drug-likeness (QED) is 0.798. The molecule has 0 aliphatic carbocycles. The number of benzene rings is 1. The van der Waals surface area contributed by atoms with E-state index in [1.807, 2.05) is 36.5 Å². The Balaban J connectivity index is 1.67. The summed E-state index contributed by atoms with van der Waals surface area (Å²) in [6.45, 7) is 0.667. The van der Waals surface area contributed by atoms with E-state index >= 15 is 0 Å². The first kappa shape index (κ1) is 13.1. The van der Waals surface area contributed by atoms with E-state index in [2.05, 4.69) is 15.4 Å². The fraction of sp³-hybridized carbons (Fsp3) is 0.0625. The highest BCUT2D eigenvalue weighted by molar-refractivity contribution is 6.02. The van der Waals surface area contributed by atoms with Crippen molar-refractivity contribution in [3.8, 4) is 0 Å². The van der Waals surface area contributed by atoms with Gasteiger partial charge in [0.15, 0.2) is 5.82 Å². The normalized spacial score (nSPS) is 10.3. The monoisotopic (exact) mass is 278 g/mol. The zero-order valence-electron chi connectivity index (χ0n) is 11.3. The number of carbonyl (C=O) groups excluding carboxylic acids is 1. The molecule has 0 aliphatic rings. The Morgan fingerprint density at radius 1 is 1.05 bits per heavy atom. The lowest BCUT2D eigenvalue weighted by molar-refractivity contribution is 0.102. The number of hydrogen-bond donors (Lipinski definition) is 1. The summed E-state index contributed by atoms with van der Waals surface area (Å²) in [6.07, 6.45) is 3.42.